The van der Waals surface area contributed by atoms with Crippen molar-refractivity contribution in [3.8, 4) is 0 Å². The topological polar surface area (TPSA) is 38.5 Å². The number of nitrogens with two attached hydrogens (primary N) is 1. The second-order valence-corrected chi connectivity index (χ2v) is 4.81. The van der Waals surface area contributed by atoms with E-state index in [0.29, 0.717) is 0 Å². The molecule has 3 nitrogen and oxygen atoms in total. The van der Waals surface area contributed by atoms with Crippen LogP contribution in [0.15, 0.2) is 18.2 Å². The van der Waals surface area contributed by atoms with E-state index in [2.05, 4.69) is 30.0 Å². The summed E-state index contributed by atoms with van der Waals surface area (Å²) in [7, 11) is 0. The van der Waals surface area contributed by atoms with Crippen molar-refractivity contribution in [2.24, 2.45) is 5.73 Å². The van der Waals surface area contributed by atoms with Gasteiger partial charge in [0.25, 0.3) is 0 Å². The molecule has 3 heteroatoms. The standard InChI is InChI=1S/C15H24N2O/c1-2-14-12-13(4-3-7-16)5-6-15(14)17-8-10-18-11-9-17/h5-6,12H,2-4,7-11,16H2,1H3. The quantitative estimate of drug-likeness (QED) is 0.866. The van der Waals surface area contributed by atoms with Gasteiger partial charge in [0.05, 0.1) is 13.2 Å². The molecule has 1 aliphatic rings. The SMILES string of the molecule is CCc1cc(CCCN)ccc1N1CCOCC1. The molecule has 100 valence electrons. The molecule has 1 fully saturated rings. The number of rotatable bonds is 5. The molecule has 1 heterocycles. The predicted molar refractivity (Wildman–Crippen MR) is 76.2 cm³/mol. The van der Waals surface area contributed by atoms with E-state index in [0.717, 1.165) is 52.1 Å². The zero-order chi connectivity index (χ0) is 12.8. The van der Waals surface area contributed by atoms with Crippen molar-refractivity contribution >= 4 is 5.69 Å². The highest BCUT2D eigenvalue weighted by Gasteiger charge is 2.14. The number of hydrogen-bond donors (Lipinski definition) is 1. The summed E-state index contributed by atoms with van der Waals surface area (Å²) >= 11 is 0. The van der Waals surface area contributed by atoms with E-state index in [4.69, 9.17) is 10.5 Å². The van der Waals surface area contributed by atoms with Crippen molar-refractivity contribution in [2.45, 2.75) is 26.2 Å². The number of ether oxygens (including phenoxy) is 1. The maximum Gasteiger partial charge on any atom is 0.0642 e. The van der Waals surface area contributed by atoms with E-state index < -0.39 is 0 Å². The molecule has 0 atom stereocenters. The lowest BCUT2D eigenvalue weighted by atomic mass is 10.0. The number of aryl methyl sites for hydroxylation is 2. The van der Waals surface area contributed by atoms with Crippen molar-refractivity contribution in [2.75, 3.05) is 37.7 Å². The molecular formula is C15H24N2O. The number of anilines is 1. The van der Waals surface area contributed by atoms with Gasteiger partial charge < -0.3 is 15.4 Å². The van der Waals surface area contributed by atoms with E-state index in [1.807, 2.05) is 0 Å². The van der Waals surface area contributed by atoms with Crippen LogP contribution in [0.5, 0.6) is 0 Å². The molecule has 1 saturated heterocycles. The third-order valence-corrected chi connectivity index (χ3v) is 3.55. The number of morpholine rings is 1. The lowest BCUT2D eigenvalue weighted by Crippen LogP contribution is -2.36. The van der Waals surface area contributed by atoms with Crippen molar-refractivity contribution in [1.29, 1.82) is 0 Å². The van der Waals surface area contributed by atoms with Gasteiger partial charge in [0.15, 0.2) is 0 Å². The highest BCUT2D eigenvalue weighted by atomic mass is 16.5. The third kappa shape index (κ3) is 3.24. The van der Waals surface area contributed by atoms with Gasteiger partial charge in [-0.05, 0) is 43.0 Å². The molecule has 0 unspecified atom stereocenters. The molecule has 0 saturated carbocycles. The van der Waals surface area contributed by atoms with E-state index >= 15 is 0 Å². The Morgan fingerprint density at radius 3 is 2.72 bits per heavy atom. The Morgan fingerprint density at radius 1 is 1.28 bits per heavy atom. The average molecular weight is 248 g/mol. The first-order valence-electron chi connectivity index (χ1n) is 6.99. The molecule has 1 aromatic carbocycles. The van der Waals surface area contributed by atoms with Crippen molar-refractivity contribution < 1.29 is 4.74 Å². The Bertz CT molecular complexity index is 373. The first kappa shape index (κ1) is 13.4. The second-order valence-electron chi connectivity index (χ2n) is 4.81. The van der Waals surface area contributed by atoms with Gasteiger partial charge >= 0.3 is 0 Å². The Kier molecular flexibility index (Phi) is 5.02. The number of hydrogen-bond acceptors (Lipinski definition) is 3. The minimum Gasteiger partial charge on any atom is -0.378 e. The molecule has 0 aromatic heterocycles. The molecule has 0 spiro atoms. The largest absolute Gasteiger partial charge is 0.378 e. The van der Waals surface area contributed by atoms with E-state index in [1.165, 1.54) is 16.8 Å². The third-order valence-electron chi connectivity index (χ3n) is 3.55. The summed E-state index contributed by atoms with van der Waals surface area (Å²) in [5, 5.41) is 0. The van der Waals surface area contributed by atoms with Gasteiger partial charge in [-0.25, -0.2) is 0 Å². The van der Waals surface area contributed by atoms with E-state index in [-0.39, 0.29) is 0 Å². The van der Waals surface area contributed by atoms with Gasteiger partial charge in [-0.2, -0.15) is 0 Å². The normalized spacial score (nSPS) is 16.0. The Balaban J connectivity index is 2.14. The molecule has 1 aliphatic heterocycles. The molecule has 18 heavy (non-hydrogen) atoms. The molecule has 1 aromatic rings. The summed E-state index contributed by atoms with van der Waals surface area (Å²) in [6, 6.07) is 6.87. The maximum atomic E-state index is 5.57. The van der Waals surface area contributed by atoms with Crippen LogP contribution >= 0.6 is 0 Å². The first-order chi connectivity index (χ1) is 8.85. The zero-order valence-corrected chi connectivity index (χ0v) is 11.3. The van der Waals surface area contributed by atoms with Gasteiger partial charge in [-0.3, -0.25) is 0 Å². The molecule has 2 rings (SSSR count). The van der Waals surface area contributed by atoms with Crippen molar-refractivity contribution in [3.05, 3.63) is 29.3 Å². The maximum absolute atomic E-state index is 5.57. The van der Waals surface area contributed by atoms with E-state index in [1.54, 1.807) is 0 Å². The summed E-state index contributed by atoms with van der Waals surface area (Å²) in [6.45, 7) is 6.71. The van der Waals surface area contributed by atoms with Gasteiger partial charge in [-0.1, -0.05) is 19.1 Å². The molecule has 2 N–H and O–H groups in total. The van der Waals surface area contributed by atoms with E-state index in [9.17, 15) is 0 Å². The van der Waals surface area contributed by atoms with Crippen LogP contribution in [0.4, 0.5) is 5.69 Å². The van der Waals surface area contributed by atoms with Crippen LogP contribution in [0.2, 0.25) is 0 Å². The lowest BCUT2D eigenvalue weighted by molar-refractivity contribution is 0.122. The van der Waals surface area contributed by atoms with Gasteiger partial charge in [-0.15, -0.1) is 0 Å². The van der Waals surface area contributed by atoms with Gasteiger partial charge in [0, 0.05) is 18.8 Å². The highest BCUT2D eigenvalue weighted by Crippen LogP contribution is 2.24. The smallest absolute Gasteiger partial charge is 0.0642 e. The Morgan fingerprint density at radius 2 is 2.06 bits per heavy atom. The van der Waals surface area contributed by atoms with Crippen LogP contribution in [-0.4, -0.2) is 32.8 Å². The molecule has 0 amide bonds. The molecule has 0 radical (unpaired) electrons. The minimum atomic E-state index is 0.771. The van der Waals surface area contributed by atoms with Crippen LogP contribution in [0, 0.1) is 0 Å². The highest BCUT2D eigenvalue weighted by molar-refractivity contribution is 5.55. The summed E-state index contributed by atoms with van der Waals surface area (Å²) in [6.07, 6.45) is 3.25. The predicted octanol–water partition coefficient (Wildman–Crippen LogP) is 1.98. The fourth-order valence-corrected chi connectivity index (χ4v) is 2.50. The van der Waals surface area contributed by atoms with Crippen LogP contribution < -0.4 is 10.6 Å². The average Bonchev–Trinajstić information content (AvgIpc) is 2.45. The monoisotopic (exact) mass is 248 g/mol. The van der Waals surface area contributed by atoms with Crippen LogP contribution in [-0.2, 0) is 17.6 Å². The Labute approximate surface area is 110 Å². The summed E-state index contributed by atoms with van der Waals surface area (Å²) in [5.41, 5.74) is 9.82. The fourth-order valence-electron chi connectivity index (χ4n) is 2.50. The summed E-state index contributed by atoms with van der Waals surface area (Å²) in [4.78, 5) is 2.44. The van der Waals surface area contributed by atoms with Gasteiger partial charge in [0.2, 0.25) is 0 Å². The summed E-state index contributed by atoms with van der Waals surface area (Å²) in [5.74, 6) is 0. The Hall–Kier alpha value is -1.06. The van der Waals surface area contributed by atoms with Crippen LogP contribution in [0.25, 0.3) is 0 Å². The number of benzene rings is 1. The molecule has 0 aliphatic carbocycles. The minimum absolute atomic E-state index is 0.771. The van der Waals surface area contributed by atoms with Crippen LogP contribution in [0.3, 0.4) is 0 Å². The lowest BCUT2D eigenvalue weighted by Gasteiger charge is -2.30. The summed E-state index contributed by atoms with van der Waals surface area (Å²) < 4.78 is 5.42. The molecular weight excluding hydrogens is 224 g/mol. The fraction of sp³-hybridized carbons (Fsp3) is 0.600. The number of nitrogens with zero attached hydrogens (tertiary/aromatic N) is 1. The zero-order valence-electron chi connectivity index (χ0n) is 11.3. The molecule has 0 bridgehead atoms. The first-order valence-corrected chi connectivity index (χ1v) is 6.99. The van der Waals surface area contributed by atoms with Crippen LogP contribution in [0.1, 0.15) is 24.5 Å². The second kappa shape index (κ2) is 6.76. The van der Waals surface area contributed by atoms with Gasteiger partial charge in [0.1, 0.15) is 0 Å². The van der Waals surface area contributed by atoms with Crippen molar-refractivity contribution in [1.82, 2.24) is 0 Å². The van der Waals surface area contributed by atoms with Crippen molar-refractivity contribution in [3.63, 3.8) is 0 Å².